The number of aliphatic carboxylic acids is 1. The first-order chi connectivity index (χ1) is 9.75. The van der Waals surface area contributed by atoms with Crippen molar-refractivity contribution in [1.29, 1.82) is 0 Å². The summed E-state index contributed by atoms with van der Waals surface area (Å²) >= 11 is 0. The third kappa shape index (κ3) is 3.59. The van der Waals surface area contributed by atoms with Crippen LogP contribution in [0.15, 0.2) is 12.1 Å². The number of ether oxygens (including phenoxy) is 1. The van der Waals surface area contributed by atoms with E-state index in [-0.39, 0.29) is 18.0 Å². The molecular formula is C13H17FN2O5. The molecule has 1 unspecified atom stereocenters. The van der Waals surface area contributed by atoms with E-state index in [4.69, 9.17) is 9.84 Å². The van der Waals surface area contributed by atoms with E-state index in [1.807, 2.05) is 0 Å². The van der Waals surface area contributed by atoms with E-state index in [1.165, 1.54) is 14.0 Å². The molecule has 1 atom stereocenters. The fraction of sp³-hybridized carbons (Fsp3) is 0.462. The van der Waals surface area contributed by atoms with Gasteiger partial charge in [0, 0.05) is 12.6 Å². The second-order valence-electron chi connectivity index (χ2n) is 4.83. The zero-order valence-corrected chi connectivity index (χ0v) is 12.0. The fourth-order valence-electron chi connectivity index (χ4n) is 1.63. The van der Waals surface area contributed by atoms with E-state index < -0.39 is 27.8 Å². The second kappa shape index (κ2) is 6.38. The van der Waals surface area contributed by atoms with Crippen molar-refractivity contribution in [1.82, 2.24) is 0 Å². The molecule has 21 heavy (non-hydrogen) atoms. The Morgan fingerprint density at radius 2 is 2.19 bits per heavy atom. The first-order valence-corrected chi connectivity index (χ1v) is 6.24. The van der Waals surface area contributed by atoms with Crippen molar-refractivity contribution >= 4 is 17.3 Å². The van der Waals surface area contributed by atoms with Gasteiger partial charge in [0.05, 0.1) is 29.2 Å². The van der Waals surface area contributed by atoms with Gasteiger partial charge in [-0.05, 0) is 13.3 Å². The Hall–Kier alpha value is -2.38. The van der Waals surface area contributed by atoms with Crippen molar-refractivity contribution in [2.75, 3.05) is 19.0 Å². The number of anilines is 1. The highest BCUT2D eigenvalue weighted by Gasteiger charge is 2.31. The quantitative estimate of drug-likeness (QED) is 0.593. The largest absolute Gasteiger partial charge is 0.490 e. The molecule has 8 heteroatoms. The van der Waals surface area contributed by atoms with Crippen molar-refractivity contribution in [3.63, 3.8) is 0 Å². The molecule has 1 aromatic rings. The molecule has 2 N–H and O–H groups in total. The van der Waals surface area contributed by atoms with Crippen LogP contribution in [0.1, 0.15) is 20.3 Å². The van der Waals surface area contributed by atoms with Gasteiger partial charge in [-0.25, -0.2) is 4.39 Å². The lowest BCUT2D eigenvalue weighted by atomic mass is 9.87. The molecule has 0 spiro atoms. The predicted octanol–water partition coefficient (Wildman–Crippen LogP) is 2.66. The minimum atomic E-state index is -1.07. The van der Waals surface area contributed by atoms with Gasteiger partial charge in [-0.3, -0.25) is 14.9 Å². The second-order valence-corrected chi connectivity index (χ2v) is 4.83. The summed E-state index contributed by atoms with van der Waals surface area (Å²) in [4.78, 5) is 21.2. The number of carboxylic acids is 1. The maximum Gasteiger partial charge on any atom is 0.313 e. The summed E-state index contributed by atoms with van der Waals surface area (Å²) in [7, 11) is 1.23. The third-order valence-electron chi connectivity index (χ3n) is 3.43. The maximum atomic E-state index is 13.8. The van der Waals surface area contributed by atoms with Gasteiger partial charge in [0.1, 0.15) is 0 Å². The SMILES string of the molecule is CCC(C)(CNc1cc(OC)c([N+](=O)[O-])cc1F)C(=O)O. The number of methoxy groups -OCH3 is 1. The smallest absolute Gasteiger partial charge is 0.313 e. The number of benzene rings is 1. The summed E-state index contributed by atoms with van der Waals surface area (Å²) < 4.78 is 18.7. The Labute approximate surface area is 120 Å². The van der Waals surface area contributed by atoms with Crippen LogP contribution in [0.25, 0.3) is 0 Å². The van der Waals surface area contributed by atoms with Crippen molar-refractivity contribution in [3.8, 4) is 5.75 Å². The molecule has 0 heterocycles. The summed E-state index contributed by atoms with van der Waals surface area (Å²) in [6.07, 6.45) is 0.348. The van der Waals surface area contributed by atoms with E-state index in [1.54, 1.807) is 6.92 Å². The molecule has 116 valence electrons. The summed E-state index contributed by atoms with van der Waals surface area (Å²) in [5.74, 6) is -1.95. The first-order valence-electron chi connectivity index (χ1n) is 6.24. The van der Waals surface area contributed by atoms with Crippen LogP contribution < -0.4 is 10.1 Å². The molecule has 1 aromatic carbocycles. The standard InChI is InChI=1S/C13H17FN2O5/c1-4-13(2,12(17)18)7-15-9-6-11(21-3)10(16(19)20)5-8(9)14/h5-6,15H,4,7H2,1-3H3,(H,17,18). The normalized spacial score (nSPS) is 13.3. The van der Waals surface area contributed by atoms with E-state index in [0.717, 1.165) is 12.1 Å². The van der Waals surface area contributed by atoms with Crippen LogP contribution in [0.3, 0.4) is 0 Å². The maximum absolute atomic E-state index is 13.8. The summed E-state index contributed by atoms with van der Waals surface area (Å²) in [6, 6.07) is 1.89. The topological polar surface area (TPSA) is 102 Å². The highest BCUT2D eigenvalue weighted by atomic mass is 19.1. The Morgan fingerprint density at radius 3 is 2.62 bits per heavy atom. The number of nitro benzene ring substituents is 1. The number of carbonyl (C=O) groups is 1. The Bertz CT molecular complexity index is 564. The van der Waals surface area contributed by atoms with Crippen LogP contribution in [0.2, 0.25) is 0 Å². The van der Waals surface area contributed by atoms with Crippen molar-refractivity contribution in [2.45, 2.75) is 20.3 Å². The number of nitrogens with one attached hydrogen (secondary N) is 1. The predicted molar refractivity (Wildman–Crippen MR) is 74.1 cm³/mol. The Kier molecular flexibility index (Phi) is 5.07. The average Bonchev–Trinajstić information content (AvgIpc) is 2.44. The number of nitrogens with zero attached hydrogens (tertiary/aromatic N) is 1. The van der Waals surface area contributed by atoms with Crippen molar-refractivity contribution in [3.05, 3.63) is 28.1 Å². The monoisotopic (exact) mass is 300 g/mol. The molecule has 0 bridgehead atoms. The van der Waals surface area contributed by atoms with Gasteiger partial charge in [-0.2, -0.15) is 0 Å². The highest BCUT2D eigenvalue weighted by Crippen LogP contribution is 2.33. The molecule has 7 nitrogen and oxygen atoms in total. The van der Waals surface area contributed by atoms with Gasteiger partial charge in [0.15, 0.2) is 11.6 Å². The van der Waals surface area contributed by atoms with Crippen LogP contribution in [-0.2, 0) is 4.79 Å². The molecule has 1 rings (SSSR count). The molecule has 0 aromatic heterocycles. The number of rotatable bonds is 7. The van der Waals surface area contributed by atoms with Gasteiger partial charge in [-0.15, -0.1) is 0 Å². The fourth-order valence-corrected chi connectivity index (χ4v) is 1.63. The molecule has 0 amide bonds. The first kappa shape index (κ1) is 16.7. The molecular weight excluding hydrogens is 283 g/mol. The van der Waals surface area contributed by atoms with Gasteiger partial charge in [0.25, 0.3) is 0 Å². The van der Waals surface area contributed by atoms with Gasteiger partial charge in [-0.1, -0.05) is 6.92 Å². The van der Waals surface area contributed by atoms with E-state index >= 15 is 0 Å². The van der Waals surface area contributed by atoms with Gasteiger partial charge < -0.3 is 15.2 Å². The average molecular weight is 300 g/mol. The Balaban J connectivity index is 3.05. The van der Waals surface area contributed by atoms with Crippen LogP contribution in [0.5, 0.6) is 5.75 Å². The highest BCUT2D eigenvalue weighted by molar-refractivity contribution is 5.75. The molecule has 0 fully saturated rings. The molecule has 0 aliphatic heterocycles. The number of hydrogen-bond donors (Lipinski definition) is 2. The van der Waals surface area contributed by atoms with E-state index in [2.05, 4.69) is 5.32 Å². The molecule has 0 saturated heterocycles. The lowest BCUT2D eigenvalue weighted by Gasteiger charge is -2.24. The molecule has 0 saturated carbocycles. The minimum absolute atomic E-state index is 0.0171. The summed E-state index contributed by atoms with van der Waals surface area (Å²) in [5, 5.41) is 22.6. The summed E-state index contributed by atoms with van der Waals surface area (Å²) in [5.41, 5.74) is -1.60. The van der Waals surface area contributed by atoms with Crippen molar-refractivity contribution < 1.29 is 24.0 Å². The van der Waals surface area contributed by atoms with Crippen LogP contribution in [0, 0.1) is 21.3 Å². The number of carboxylic acid groups (broad SMARTS) is 1. The van der Waals surface area contributed by atoms with Crippen LogP contribution >= 0.6 is 0 Å². The van der Waals surface area contributed by atoms with Crippen LogP contribution in [0.4, 0.5) is 15.8 Å². The zero-order valence-electron chi connectivity index (χ0n) is 12.0. The zero-order chi connectivity index (χ0) is 16.2. The number of nitro groups is 1. The van der Waals surface area contributed by atoms with Crippen LogP contribution in [-0.4, -0.2) is 29.7 Å². The minimum Gasteiger partial charge on any atom is -0.490 e. The van der Waals surface area contributed by atoms with Gasteiger partial charge in [0.2, 0.25) is 0 Å². The molecule has 0 radical (unpaired) electrons. The lowest BCUT2D eigenvalue weighted by Crippen LogP contribution is -2.34. The Morgan fingerprint density at radius 1 is 1.57 bits per heavy atom. The van der Waals surface area contributed by atoms with E-state index in [9.17, 15) is 19.3 Å². The van der Waals surface area contributed by atoms with E-state index in [0.29, 0.717) is 6.42 Å². The van der Waals surface area contributed by atoms with Crippen molar-refractivity contribution in [2.24, 2.45) is 5.41 Å². The molecule has 0 aliphatic carbocycles. The van der Waals surface area contributed by atoms with Gasteiger partial charge >= 0.3 is 11.7 Å². The summed E-state index contributed by atoms with van der Waals surface area (Å²) in [6.45, 7) is 3.22. The number of halogens is 1. The molecule has 0 aliphatic rings. The lowest BCUT2D eigenvalue weighted by molar-refractivity contribution is -0.385. The third-order valence-corrected chi connectivity index (χ3v) is 3.43. The number of hydrogen-bond acceptors (Lipinski definition) is 5.